The van der Waals surface area contributed by atoms with Crippen molar-refractivity contribution in [3.8, 4) is 17.9 Å². The molecule has 1 atom stereocenters. The van der Waals surface area contributed by atoms with E-state index in [9.17, 15) is 5.26 Å². The van der Waals surface area contributed by atoms with Crippen LogP contribution in [0.4, 0.5) is 0 Å². The first-order chi connectivity index (χ1) is 9.26. The molecule has 0 bridgehead atoms. The Morgan fingerprint density at radius 3 is 2.63 bits per heavy atom. The number of benzene rings is 2. The lowest BCUT2D eigenvalue weighted by Crippen LogP contribution is -2.19. The lowest BCUT2D eigenvalue weighted by Gasteiger charge is -2.23. The topological polar surface area (TPSA) is 82.8 Å². The van der Waals surface area contributed by atoms with E-state index in [-0.39, 0.29) is 11.5 Å². The van der Waals surface area contributed by atoms with Gasteiger partial charge in [-0.3, -0.25) is 0 Å². The number of rotatable bonds is 0. The predicted molar refractivity (Wildman–Crippen MR) is 69.8 cm³/mol. The third-order valence-corrected chi connectivity index (χ3v) is 3.24. The number of ether oxygens (including phenoxy) is 1. The Kier molecular flexibility index (Phi) is 2.37. The van der Waals surface area contributed by atoms with Crippen molar-refractivity contribution in [3.05, 3.63) is 53.4 Å². The predicted octanol–water partition coefficient (Wildman–Crippen LogP) is 2.53. The second-order valence-electron chi connectivity index (χ2n) is 4.25. The van der Waals surface area contributed by atoms with Gasteiger partial charge >= 0.3 is 0 Å². The quantitative estimate of drug-likeness (QED) is 0.775. The smallest absolute Gasteiger partial charge is 0.206 e. The highest BCUT2D eigenvalue weighted by atomic mass is 16.5. The van der Waals surface area contributed by atoms with Gasteiger partial charge in [0.15, 0.2) is 0 Å². The molecule has 4 heteroatoms. The highest BCUT2D eigenvalue weighted by Gasteiger charge is 2.30. The van der Waals surface area contributed by atoms with Gasteiger partial charge in [-0.15, -0.1) is 0 Å². The molecule has 0 aromatic heterocycles. The molecule has 1 aliphatic rings. The van der Waals surface area contributed by atoms with E-state index in [1.54, 1.807) is 6.07 Å². The van der Waals surface area contributed by atoms with Crippen molar-refractivity contribution < 1.29 is 4.74 Å². The molecule has 2 N–H and O–H groups in total. The van der Waals surface area contributed by atoms with E-state index < -0.39 is 5.92 Å². The standard InChI is InChI=1S/C15H9N3O/c16-7-11-12(8-17)15(18)19-13-6-5-9-3-1-2-4-10(9)14(11)13/h1-6,11H,18H2. The van der Waals surface area contributed by atoms with E-state index in [1.165, 1.54) is 0 Å². The number of allylic oxidation sites excluding steroid dienone is 1. The average Bonchev–Trinajstić information content (AvgIpc) is 2.45. The Bertz CT molecular complexity index is 793. The summed E-state index contributed by atoms with van der Waals surface area (Å²) >= 11 is 0. The van der Waals surface area contributed by atoms with Crippen LogP contribution in [0.1, 0.15) is 11.5 Å². The molecule has 1 aliphatic heterocycles. The summed E-state index contributed by atoms with van der Waals surface area (Å²) in [6.07, 6.45) is 0. The average molecular weight is 247 g/mol. The molecule has 3 rings (SSSR count). The van der Waals surface area contributed by atoms with Gasteiger partial charge < -0.3 is 10.5 Å². The fraction of sp³-hybridized carbons (Fsp3) is 0.0667. The normalized spacial score (nSPS) is 17.3. The summed E-state index contributed by atoms with van der Waals surface area (Å²) in [6.45, 7) is 0. The Morgan fingerprint density at radius 1 is 1.11 bits per heavy atom. The van der Waals surface area contributed by atoms with Crippen molar-refractivity contribution in [2.75, 3.05) is 0 Å². The Morgan fingerprint density at radius 2 is 1.89 bits per heavy atom. The summed E-state index contributed by atoms with van der Waals surface area (Å²) in [5.41, 5.74) is 6.58. The summed E-state index contributed by atoms with van der Waals surface area (Å²) in [6, 6.07) is 15.5. The first-order valence-electron chi connectivity index (χ1n) is 5.75. The van der Waals surface area contributed by atoms with Crippen LogP contribution in [0.25, 0.3) is 10.8 Å². The molecule has 1 heterocycles. The van der Waals surface area contributed by atoms with Crippen LogP contribution >= 0.6 is 0 Å². The molecule has 0 fully saturated rings. The van der Waals surface area contributed by atoms with Gasteiger partial charge in [0, 0.05) is 5.56 Å². The second kappa shape index (κ2) is 4.04. The molecule has 19 heavy (non-hydrogen) atoms. The van der Waals surface area contributed by atoms with Crippen LogP contribution in [0.3, 0.4) is 0 Å². The molecule has 0 saturated carbocycles. The van der Waals surface area contributed by atoms with Gasteiger partial charge in [-0.1, -0.05) is 30.3 Å². The van der Waals surface area contributed by atoms with Gasteiger partial charge in [0.25, 0.3) is 0 Å². The van der Waals surface area contributed by atoms with Crippen molar-refractivity contribution in [1.82, 2.24) is 0 Å². The number of hydrogen-bond acceptors (Lipinski definition) is 4. The lowest BCUT2D eigenvalue weighted by atomic mass is 9.87. The summed E-state index contributed by atoms with van der Waals surface area (Å²) < 4.78 is 5.46. The highest BCUT2D eigenvalue weighted by molar-refractivity contribution is 5.89. The minimum atomic E-state index is -0.681. The minimum Gasteiger partial charge on any atom is -0.440 e. The van der Waals surface area contributed by atoms with Crippen molar-refractivity contribution in [1.29, 1.82) is 10.5 Å². The molecular formula is C15H9N3O. The lowest BCUT2D eigenvalue weighted by molar-refractivity contribution is 0.396. The highest BCUT2D eigenvalue weighted by Crippen LogP contribution is 2.41. The Labute approximate surface area is 109 Å². The van der Waals surface area contributed by atoms with Crippen LogP contribution in [0, 0.1) is 22.7 Å². The fourth-order valence-electron chi connectivity index (χ4n) is 2.37. The molecule has 2 aromatic carbocycles. The molecule has 90 valence electrons. The fourth-order valence-corrected chi connectivity index (χ4v) is 2.37. The van der Waals surface area contributed by atoms with Crippen LogP contribution in [0.2, 0.25) is 0 Å². The first kappa shape index (κ1) is 11.1. The molecular weight excluding hydrogens is 238 g/mol. The monoisotopic (exact) mass is 247 g/mol. The van der Waals surface area contributed by atoms with Crippen LogP contribution < -0.4 is 10.5 Å². The molecule has 4 nitrogen and oxygen atoms in total. The zero-order chi connectivity index (χ0) is 13.4. The minimum absolute atomic E-state index is 0.0110. The molecule has 0 aliphatic carbocycles. The van der Waals surface area contributed by atoms with Gasteiger partial charge in [-0.25, -0.2) is 0 Å². The molecule has 0 amide bonds. The second-order valence-corrected chi connectivity index (χ2v) is 4.25. The van der Waals surface area contributed by atoms with Crippen LogP contribution in [0.15, 0.2) is 47.9 Å². The van der Waals surface area contributed by atoms with E-state index in [4.69, 9.17) is 15.7 Å². The molecule has 1 unspecified atom stereocenters. The Balaban J connectivity index is 2.37. The van der Waals surface area contributed by atoms with Crippen molar-refractivity contribution in [2.24, 2.45) is 5.73 Å². The zero-order valence-electron chi connectivity index (χ0n) is 9.92. The van der Waals surface area contributed by atoms with E-state index in [0.717, 1.165) is 10.8 Å². The summed E-state index contributed by atoms with van der Waals surface area (Å²) in [5.74, 6) is -0.126. The van der Waals surface area contributed by atoms with Gasteiger partial charge in [0.05, 0.1) is 6.07 Å². The first-order valence-corrected chi connectivity index (χ1v) is 5.75. The number of nitriles is 2. The van der Waals surface area contributed by atoms with Crippen LogP contribution in [-0.4, -0.2) is 0 Å². The third kappa shape index (κ3) is 1.51. The SMILES string of the molecule is N#CC1=C(N)Oc2ccc3ccccc3c2C1C#N. The number of nitrogens with zero attached hydrogens (tertiary/aromatic N) is 2. The largest absolute Gasteiger partial charge is 0.440 e. The number of fused-ring (bicyclic) bond motifs is 3. The molecule has 0 radical (unpaired) electrons. The van der Waals surface area contributed by atoms with Crippen molar-refractivity contribution in [3.63, 3.8) is 0 Å². The molecule has 0 spiro atoms. The van der Waals surface area contributed by atoms with Gasteiger partial charge in [0.1, 0.15) is 23.3 Å². The molecule has 2 aromatic rings. The summed E-state index contributed by atoms with van der Waals surface area (Å²) in [7, 11) is 0. The third-order valence-electron chi connectivity index (χ3n) is 3.24. The van der Waals surface area contributed by atoms with E-state index in [2.05, 4.69) is 6.07 Å². The van der Waals surface area contributed by atoms with Crippen LogP contribution in [0.5, 0.6) is 5.75 Å². The maximum absolute atomic E-state index is 9.37. The van der Waals surface area contributed by atoms with Crippen molar-refractivity contribution >= 4 is 10.8 Å². The zero-order valence-corrected chi connectivity index (χ0v) is 9.92. The Hall–Kier alpha value is -2.98. The van der Waals surface area contributed by atoms with Gasteiger partial charge in [0.2, 0.25) is 5.88 Å². The van der Waals surface area contributed by atoms with Gasteiger partial charge in [-0.2, -0.15) is 10.5 Å². The van der Waals surface area contributed by atoms with E-state index in [0.29, 0.717) is 11.3 Å². The van der Waals surface area contributed by atoms with Crippen LogP contribution in [-0.2, 0) is 0 Å². The summed E-state index contributed by atoms with van der Waals surface area (Å²) in [4.78, 5) is 0. The summed E-state index contributed by atoms with van der Waals surface area (Å²) in [5, 5.41) is 20.4. The van der Waals surface area contributed by atoms with Gasteiger partial charge in [-0.05, 0) is 16.8 Å². The maximum Gasteiger partial charge on any atom is 0.206 e. The van der Waals surface area contributed by atoms with E-state index in [1.807, 2.05) is 36.4 Å². The van der Waals surface area contributed by atoms with Crippen molar-refractivity contribution in [2.45, 2.75) is 5.92 Å². The maximum atomic E-state index is 9.37. The number of nitrogens with two attached hydrogens (primary N) is 1. The van der Waals surface area contributed by atoms with E-state index >= 15 is 0 Å². The molecule has 0 saturated heterocycles. The number of hydrogen-bond donors (Lipinski definition) is 1.